The number of unbranched alkanes of at least 4 members (excludes halogenated alkanes) is 2. The van der Waals surface area contributed by atoms with Crippen molar-refractivity contribution >= 4 is 0 Å². The number of alkyl halides is 1. The summed E-state index contributed by atoms with van der Waals surface area (Å²) in [5.74, 6) is 0. The lowest BCUT2D eigenvalue weighted by Gasteiger charge is -1.96. The highest BCUT2D eigenvalue weighted by molar-refractivity contribution is 4.78. The van der Waals surface area contributed by atoms with Crippen LogP contribution in [0.1, 0.15) is 26.2 Å². The van der Waals surface area contributed by atoms with Crippen LogP contribution in [0.4, 0.5) is 4.39 Å². The number of rotatable bonds is 4. The third-order valence-electron chi connectivity index (χ3n) is 1.70. The van der Waals surface area contributed by atoms with Crippen LogP contribution in [0.15, 0.2) is 0 Å². The Labute approximate surface area is 55.8 Å². The third kappa shape index (κ3) is 2.31. The van der Waals surface area contributed by atoms with Crippen LogP contribution in [0.25, 0.3) is 0 Å². The van der Waals surface area contributed by atoms with Crippen molar-refractivity contribution in [3.8, 4) is 0 Å². The number of hydrogen-bond donors (Lipinski definition) is 0. The molecule has 0 N–H and O–H groups in total. The lowest BCUT2D eigenvalue weighted by atomic mass is 10.2. The summed E-state index contributed by atoms with van der Waals surface area (Å²) in [6.45, 7) is 3.81. The Hall–Kier alpha value is -0.110. The molecule has 0 aliphatic carbocycles. The molecule has 2 heteroatoms. The maximum atomic E-state index is 12.1. The maximum Gasteiger partial charge on any atom is 0.166 e. The van der Waals surface area contributed by atoms with Crippen LogP contribution in [0.5, 0.6) is 0 Å². The fraction of sp³-hybridized carbons (Fsp3) is 1.00. The summed E-state index contributed by atoms with van der Waals surface area (Å²) >= 11 is 0. The molecule has 0 saturated carbocycles. The summed E-state index contributed by atoms with van der Waals surface area (Å²) < 4.78 is 12.1. The second-order valence-electron chi connectivity index (χ2n) is 2.64. The Kier molecular flexibility index (Phi) is 2.46. The van der Waals surface area contributed by atoms with Crippen molar-refractivity contribution in [3.05, 3.63) is 0 Å². The number of nitrogens with zero attached hydrogens (tertiary/aromatic N) is 1. The van der Waals surface area contributed by atoms with E-state index in [1.807, 2.05) is 4.90 Å². The van der Waals surface area contributed by atoms with Gasteiger partial charge in [-0.2, -0.15) is 0 Å². The third-order valence-corrected chi connectivity index (χ3v) is 1.70. The van der Waals surface area contributed by atoms with Crippen molar-refractivity contribution in [1.82, 2.24) is 4.90 Å². The van der Waals surface area contributed by atoms with E-state index in [2.05, 4.69) is 6.92 Å². The Morgan fingerprint density at radius 2 is 2.22 bits per heavy atom. The van der Waals surface area contributed by atoms with Crippen molar-refractivity contribution in [2.24, 2.45) is 0 Å². The van der Waals surface area contributed by atoms with Crippen LogP contribution in [-0.4, -0.2) is 24.3 Å². The monoisotopic (exact) mass is 131 g/mol. The average molecular weight is 131 g/mol. The Balaban J connectivity index is 1.83. The van der Waals surface area contributed by atoms with Gasteiger partial charge in [0.15, 0.2) is 6.30 Å². The molecule has 0 bridgehead atoms. The largest absolute Gasteiger partial charge is 0.269 e. The van der Waals surface area contributed by atoms with Gasteiger partial charge in [0, 0.05) is 13.1 Å². The maximum absolute atomic E-state index is 12.1. The fourth-order valence-corrected chi connectivity index (χ4v) is 0.943. The molecule has 9 heavy (non-hydrogen) atoms. The predicted molar refractivity (Wildman–Crippen MR) is 36.0 cm³/mol. The topological polar surface area (TPSA) is 3.01 Å². The molecule has 1 saturated heterocycles. The molecule has 0 spiro atoms. The summed E-state index contributed by atoms with van der Waals surface area (Å²) in [5, 5.41) is 0. The molecular formula is C7H14FN. The summed E-state index contributed by atoms with van der Waals surface area (Å²) in [6, 6.07) is 0. The van der Waals surface area contributed by atoms with Crippen LogP contribution < -0.4 is 0 Å². The van der Waals surface area contributed by atoms with E-state index in [0.29, 0.717) is 6.54 Å². The van der Waals surface area contributed by atoms with Crippen molar-refractivity contribution in [3.63, 3.8) is 0 Å². The zero-order chi connectivity index (χ0) is 6.69. The zero-order valence-corrected chi connectivity index (χ0v) is 5.94. The minimum absolute atomic E-state index is 0.596. The minimum Gasteiger partial charge on any atom is -0.269 e. The van der Waals surface area contributed by atoms with Crippen molar-refractivity contribution in [2.75, 3.05) is 13.1 Å². The molecule has 0 aromatic heterocycles. The second kappa shape index (κ2) is 3.16. The molecule has 1 rings (SSSR count). The van der Waals surface area contributed by atoms with Gasteiger partial charge in [-0.15, -0.1) is 0 Å². The SMILES string of the molecule is CCCCCN1CC1F. The molecule has 0 radical (unpaired) electrons. The van der Waals surface area contributed by atoms with E-state index in [9.17, 15) is 4.39 Å². The number of halogens is 1. The molecule has 1 aliphatic heterocycles. The first-order valence-corrected chi connectivity index (χ1v) is 3.72. The fourth-order valence-electron chi connectivity index (χ4n) is 0.943. The van der Waals surface area contributed by atoms with E-state index < -0.39 is 6.30 Å². The molecule has 1 fully saturated rings. The van der Waals surface area contributed by atoms with Gasteiger partial charge in [0.1, 0.15) is 0 Å². The summed E-state index contributed by atoms with van der Waals surface area (Å²) in [5.41, 5.74) is 0. The molecule has 1 aliphatic rings. The molecule has 0 aromatic carbocycles. The van der Waals surface area contributed by atoms with Gasteiger partial charge in [-0.05, 0) is 6.42 Å². The van der Waals surface area contributed by atoms with E-state index in [1.165, 1.54) is 12.8 Å². The molecule has 0 amide bonds. The van der Waals surface area contributed by atoms with Gasteiger partial charge in [-0.1, -0.05) is 19.8 Å². The molecule has 2 atom stereocenters. The van der Waals surface area contributed by atoms with Crippen LogP contribution in [0.3, 0.4) is 0 Å². The molecule has 2 unspecified atom stereocenters. The first kappa shape index (κ1) is 7.00. The van der Waals surface area contributed by atoms with Gasteiger partial charge in [0.05, 0.1) is 0 Å². The normalized spacial score (nSPS) is 32.7. The highest BCUT2D eigenvalue weighted by Gasteiger charge is 2.32. The van der Waals surface area contributed by atoms with Crippen molar-refractivity contribution in [1.29, 1.82) is 0 Å². The van der Waals surface area contributed by atoms with Gasteiger partial charge < -0.3 is 0 Å². The standard InChI is InChI=1S/C7H14FN/c1-2-3-4-5-9-6-7(9)8/h7H,2-6H2,1H3. The van der Waals surface area contributed by atoms with Crippen LogP contribution in [-0.2, 0) is 0 Å². The Bertz CT molecular complexity index is 85.0. The Morgan fingerprint density at radius 3 is 2.67 bits per heavy atom. The molecule has 1 nitrogen and oxygen atoms in total. The highest BCUT2D eigenvalue weighted by Crippen LogP contribution is 2.18. The average Bonchev–Trinajstić information content (AvgIpc) is 2.48. The summed E-state index contributed by atoms with van der Waals surface area (Å²) in [7, 11) is 0. The second-order valence-corrected chi connectivity index (χ2v) is 2.64. The minimum atomic E-state index is -0.596. The summed E-state index contributed by atoms with van der Waals surface area (Å²) in [4.78, 5) is 1.86. The van der Waals surface area contributed by atoms with Crippen LogP contribution >= 0.6 is 0 Å². The molecular weight excluding hydrogens is 117 g/mol. The van der Waals surface area contributed by atoms with Gasteiger partial charge in [-0.3, -0.25) is 4.90 Å². The smallest absolute Gasteiger partial charge is 0.166 e. The van der Waals surface area contributed by atoms with Gasteiger partial charge in [-0.25, -0.2) is 4.39 Å². The lowest BCUT2D eigenvalue weighted by molar-refractivity contribution is 0.343. The lowest BCUT2D eigenvalue weighted by Crippen LogP contribution is -2.00. The van der Waals surface area contributed by atoms with Crippen LogP contribution in [0, 0.1) is 0 Å². The quantitative estimate of drug-likeness (QED) is 0.319. The van der Waals surface area contributed by atoms with E-state index in [4.69, 9.17) is 0 Å². The van der Waals surface area contributed by atoms with E-state index in [-0.39, 0.29) is 0 Å². The first-order chi connectivity index (χ1) is 4.34. The number of hydrogen-bond acceptors (Lipinski definition) is 1. The molecule has 1 heterocycles. The first-order valence-electron chi connectivity index (χ1n) is 3.72. The zero-order valence-electron chi connectivity index (χ0n) is 5.94. The van der Waals surface area contributed by atoms with Crippen molar-refractivity contribution < 1.29 is 4.39 Å². The van der Waals surface area contributed by atoms with E-state index in [1.54, 1.807) is 0 Å². The van der Waals surface area contributed by atoms with E-state index in [0.717, 1.165) is 13.0 Å². The predicted octanol–water partition coefficient (Wildman–Crippen LogP) is 1.79. The molecule has 0 aromatic rings. The summed E-state index contributed by atoms with van der Waals surface area (Å²) in [6.07, 6.45) is 3.03. The van der Waals surface area contributed by atoms with Gasteiger partial charge in [0.25, 0.3) is 0 Å². The molecule has 54 valence electrons. The van der Waals surface area contributed by atoms with Crippen LogP contribution in [0.2, 0.25) is 0 Å². The van der Waals surface area contributed by atoms with E-state index >= 15 is 0 Å². The highest BCUT2D eigenvalue weighted by atomic mass is 19.1. The van der Waals surface area contributed by atoms with Gasteiger partial charge in [0.2, 0.25) is 0 Å². The van der Waals surface area contributed by atoms with Crippen molar-refractivity contribution in [2.45, 2.75) is 32.5 Å². The van der Waals surface area contributed by atoms with Gasteiger partial charge >= 0.3 is 0 Å². The Morgan fingerprint density at radius 1 is 1.56 bits per heavy atom.